The van der Waals surface area contributed by atoms with Crippen LogP contribution in [0.1, 0.15) is 13.8 Å². The van der Waals surface area contributed by atoms with Gasteiger partial charge in [0.2, 0.25) is 0 Å². The van der Waals surface area contributed by atoms with Crippen molar-refractivity contribution in [2.45, 2.75) is 13.8 Å². The summed E-state index contributed by atoms with van der Waals surface area (Å²) in [6.45, 7) is 4.00. The average molecular weight is 379 g/mol. The van der Waals surface area contributed by atoms with Crippen LogP contribution in [-0.2, 0) is 0 Å². The Bertz CT molecular complexity index is 1150. The largest absolute Gasteiger partial charge is 0.493 e. The number of ether oxygens (including phenoxy) is 2. The van der Waals surface area contributed by atoms with Crippen molar-refractivity contribution in [2.75, 3.05) is 14.2 Å². The molecule has 2 heterocycles. The van der Waals surface area contributed by atoms with Crippen LogP contribution < -0.4 is 9.47 Å². The van der Waals surface area contributed by atoms with Gasteiger partial charge in [-0.25, -0.2) is 0 Å². The number of fused-ring (bicyclic) bond motifs is 2. The lowest BCUT2D eigenvalue weighted by Crippen LogP contribution is -1.97. The van der Waals surface area contributed by atoms with Crippen LogP contribution in [0.5, 0.6) is 11.5 Å². The minimum absolute atomic E-state index is 0.0706. The number of benzene rings is 2. The van der Waals surface area contributed by atoms with Gasteiger partial charge in [0, 0.05) is 41.4 Å². The summed E-state index contributed by atoms with van der Waals surface area (Å²) in [5.74, 6) is 1.22. The lowest BCUT2D eigenvalue weighted by molar-refractivity contribution is -0.384. The molecule has 28 heavy (non-hydrogen) atoms. The van der Waals surface area contributed by atoms with Crippen molar-refractivity contribution < 1.29 is 14.4 Å². The molecule has 144 valence electrons. The van der Waals surface area contributed by atoms with E-state index in [-0.39, 0.29) is 5.69 Å². The van der Waals surface area contributed by atoms with Crippen LogP contribution in [0.3, 0.4) is 0 Å². The Hall–Kier alpha value is -3.61. The first-order chi connectivity index (χ1) is 13.6. The molecule has 7 heteroatoms. The van der Waals surface area contributed by atoms with E-state index in [1.165, 1.54) is 6.07 Å². The molecule has 0 fully saturated rings. The van der Waals surface area contributed by atoms with Crippen molar-refractivity contribution in [1.29, 1.82) is 0 Å². The highest BCUT2D eigenvalue weighted by Gasteiger charge is 2.14. The molecule has 4 rings (SSSR count). The molecule has 0 spiro atoms. The summed E-state index contributed by atoms with van der Waals surface area (Å²) in [7, 11) is 3.17. The second-order valence-corrected chi connectivity index (χ2v) is 5.74. The topological polar surface area (TPSA) is 79.4 Å². The van der Waals surface area contributed by atoms with E-state index in [1.54, 1.807) is 32.5 Å². The van der Waals surface area contributed by atoms with E-state index in [9.17, 15) is 10.1 Å². The number of aromatic nitrogens is 2. The van der Waals surface area contributed by atoms with E-state index in [4.69, 9.17) is 9.47 Å². The zero-order valence-corrected chi connectivity index (χ0v) is 16.2. The van der Waals surface area contributed by atoms with Crippen molar-refractivity contribution in [1.82, 2.24) is 9.55 Å². The summed E-state index contributed by atoms with van der Waals surface area (Å²) < 4.78 is 12.7. The molecule has 0 amide bonds. The van der Waals surface area contributed by atoms with E-state index in [1.807, 2.05) is 48.9 Å². The van der Waals surface area contributed by atoms with Crippen molar-refractivity contribution >= 4 is 27.5 Å². The predicted octanol–water partition coefficient (Wildman–Crippen LogP) is 5.13. The van der Waals surface area contributed by atoms with E-state index in [0.29, 0.717) is 11.5 Å². The monoisotopic (exact) mass is 379 g/mol. The van der Waals surface area contributed by atoms with Gasteiger partial charge in [0.25, 0.3) is 5.69 Å². The molecule has 0 aliphatic carbocycles. The van der Waals surface area contributed by atoms with Crippen molar-refractivity contribution in [3.05, 3.63) is 65.0 Å². The highest BCUT2D eigenvalue weighted by Crippen LogP contribution is 2.35. The predicted molar refractivity (Wildman–Crippen MR) is 110 cm³/mol. The number of hydrogen-bond donors (Lipinski definition) is 0. The fourth-order valence-electron chi connectivity index (χ4n) is 3.12. The Morgan fingerprint density at radius 1 is 1.00 bits per heavy atom. The van der Waals surface area contributed by atoms with Gasteiger partial charge in [0.05, 0.1) is 35.9 Å². The molecule has 2 aromatic carbocycles. The molecule has 4 aromatic rings. The number of nitrogens with zero attached hydrogens (tertiary/aromatic N) is 3. The summed E-state index contributed by atoms with van der Waals surface area (Å²) >= 11 is 0. The Morgan fingerprint density at radius 2 is 1.71 bits per heavy atom. The molecule has 0 unspecified atom stereocenters. The van der Waals surface area contributed by atoms with Crippen molar-refractivity contribution in [3.63, 3.8) is 0 Å². The maximum atomic E-state index is 11.0. The smallest absolute Gasteiger partial charge is 0.270 e. The fraction of sp³-hybridized carbons (Fsp3) is 0.190. The molecule has 0 aliphatic heterocycles. The number of pyridine rings is 1. The summed E-state index contributed by atoms with van der Waals surface area (Å²) in [6.07, 6.45) is 3.61. The second-order valence-electron chi connectivity index (χ2n) is 5.74. The van der Waals surface area contributed by atoms with Gasteiger partial charge >= 0.3 is 0 Å². The van der Waals surface area contributed by atoms with Crippen LogP contribution in [0, 0.1) is 10.1 Å². The van der Waals surface area contributed by atoms with Crippen LogP contribution in [0.25, 0.3) is 27.5 Å². The molecular weight excluding hydrogens is 358 g/mol. The summed E-state index contributed by atoms with van der Waals surface area (Å²) in [4.78, 5) is 15.0. The first-order valence-corrected chi connectivity index (χ1v) is 8.89. The Morgan fingerprint density at radius 3 is 2.39 bits per heavy atom. The number of hydrogen-bond acceptors (Lipinski definition) is 5. The van der Waals surface area contributed by atoms with Crippen molar-refractivity contribution in [3.8, 4) is 17.2 Å². The quantitative estimate of drug-likeness (QED) is 0.363. The number of non-ortho nitro benzene ring substituents is 1. The molecule has 0 radical (unpaired) electrons. The van der Waals surface area contributed by atoms with Gasteiger partial charge in [-0.2, -0.15) is 0 Å². The highest BCUT2D eigenvalue weighted by atomic mass is 16.6. The third-order valence-corrected chi connectivity index (χ3v) is 4.37. The summed E-state index contributed by atoms with van der Waals surface area (Å²) in [5.41, 5.74) is 2.61. The van der Waals surface area contributed by atoms with Crippen LogP contribution >= 0.6 is 0 Å². The third-order valence-electron chi connectivity index (χ3n) is 4.37. The second kappa shape index (κ2) is 7.96. The van der Waals surface area contributed by atoms with E-state index < -0.39 is 4.92 Å². The Labute approximate surface area is 162 Å². The van der Waals surface area contributed by atoms with Gasteiger partial charge in [-0.3, -0.25) is 15.1 Å². The SMILES string of the molecule is CC.COc1cc2nccc(-n3ccc4cc([N+](=O)[O-])ccc43)c2cc1OC. The lowest BCUT2D eigenvalue weighted by Gasteiger charge is -2.13. The lowest BCUT2D eigenvalue weighted by atomic mass is 10.1. The number of nitro groups is 1. The first-order valence-electron chi connectivity index (χ1n) is 8.89. The number of methoxy groups -OCH3 is 2. The minimum atomic E-state index is -0.393. The van der Waals surface area contributed by atoms with Crippen LogP contribution in [0.4, 0.5) is 5.69 Å². The Kier molecular flexibility index (Phi) is 5.44. The van der Waals surface area contributed by atoms with Gasteiger partial charge < -0.3 is 14.0 Å². The number of nitro benzene ring substituents is 1. The molecule has 7 nitrogen and oxygen atoms in total. The maximum absolute atomic E-state index is 11.0. The van der Waals surface area contributed by atoms with E-state index >= 15 is 0 Å². The highest BCUT2D eigenvalue weighted by molar-refractivity contribution is 5.93. The zero-order chi connectivity index (χ0) is 20.3. The molecule has 0 bridgehead atoms. The van der Waals surface area contributed by atoms with Crippen LogP contribution in [0.15, 0.2) is 54.9 Å². The van der Waals surface area contributed by atoms with Gasteiger partial charge in [-0.15, -0.1) is 0 Å². The van der Waals surface area contributed by atoms with Gasteiger partial charge in [0.1, 0.15) is 0 Å². The van der Waals surface area contributed by atoms with E-state index in [0.717, 1.165) is 27.5 Å². The molecule has 0 N–H and O–H groups in total. The zero-order valence-electron chi connectivity index (χ0n) is 16.2. The van der Waals surface area contributed by atoms with E-state index in [2.05, 4.69) is 4.98 Å². The maximum Gasteiger partial charge on any atom is 0.270 e. The fourth-order valence-corrected chi connectivity index (χ4v) is 3.12. The number of rotatable bonds is 4. The molecule has 0 saturated carbocycles. The van der Waals surface area contributed by atoms with Gasteiger partial charge in [-0.1, -0.05) is 13.8 Å². The first kappa shape index (κ1) is 19.2. The van der Waals surface area contributed by atoms with Crippen LogP contribution in [0.2, 0.25) is 0 Å². The third kappa shape index (κ3) is 3.22. The molecular formula is C21H21N3O4. The molecule has 2 aromatic heterocycles. The minimum Gasteiger partial charge on any atom is -0.493 e. The summed E-state index contributed by atoms with van der Waals surface area (Å²) in [6, 6.07) is 12.3. The standard InChI is InChI=1S/C19H15N3O4.C2H6/c1-25-18-10-14-15(11-19(18)26-2)20-7-5-17(14)21-8-6-12-9-13(22(23)24)3-4-16(12)21;1-2/h3-11H,1-2H3;1-2H3. The van der Waals surface area contributed by atoms with Crippen LogP contribution in [-0.4, -0.2) is 28.7 Å². The molecule has 0 aliphatic rings. The summed E-state index contributed by atoms with van der Waals surface area (Å²) in [5, 5.41) is 12.7. The van der Waals surface area contributed by atoms with Crippen molar-refractivity contribution in [2.24, 2.45) is 0 Å². The Balaban J connectivity index is 0.00000109. The van der Waals surface area contributed by atoms with Gasteiger partial charge in [-0.05, 0) is 24.3 Å². The van der Waals surface area contributed by atoms with Gasteiger partial charge in [0.15, 0.2) is 11.5 Å². The average Bonchev–Trinajstić information content (AvgIpc) is 3.16. The normalized spacial score (nSPS) is 10.4. The molecule has 0 atom stereocenters. The molecule has 0 saturated heterocycles.